The fourth-order valence-electron chi connectivity index (χ4n) is 1.16. The molecule has 3 nitrogen and oxygen atoms in total. The third kappa shape index (κ3) is 3.56. The average molecular weight is 334 g/mol. The first-order chi connectivity index (χ1) is 8.15. The quantitative estimate of drug-likeness (QED) is 0.792. The van der Waals surface area contributed by atoms with Crippen LogP contribution in [0.3, 0.4) is 0 Å². The van der Waals surface area contributed by atoms with Crippen LogP contribution in [0.15, 0.2) is 34.9 Å². The molecule has 2 heterocycles. The van der Waals surface area contributed by atoms with Gasteiger partial charge in [0.25, 0.3) is 0 Å². The molecule has 0 bridgehead atoms. The Bertz CT molecular complexity index is 537. The summed E-state index contributed by atoms with van der Waals surface area (Å²) >= 11 is 14.9. The van der Waals surface area contributed by atoms with Crippen LogP contribution >= 0.6 is 39.1 Å². The molecule has 2 aromatic heterocycles. The standard InChI is InChI=1S/C11H7BrCl2N2O/c12-8-4-7(13)5-15-9(8)6-17-11-3-1-2-10(14)16-11/h1-5H,6H2. The number of hydrogen-bond donors (Lipinski definition) is 0. The van der Waals surface area contributed by atoms with Crippen molar-refractivity contribution in [1.82, 2.24) is 9.97 Å². The highest BCUT2D eigenvalue weighted by Gasteiger charge is 2.04. The second-order valence-electron chi connectivity index (χ2n) is 3.17. The van der Waals surface area contributed by atoms with Crippen LogP contribution < -0.4 is 4.74 Å². The highest BCUT2D eigenvalue weighted by Crippen LogP contribution is 2.20. The summed E-state index contributed by atoms with van der Waals surface area (Å²) < 4.78 is 6.26. The maximum absolute atomic E-state index is 5.79. The van der Waals surface area contributed by atoms with E-state index < -0.39 is 0 Å². The van der Waals surface area contributed by atoms with Crippen LogP contribution in [-0.2, 0) is 6.61 Å². The van der Waals surface area contributed by atoms with Gasteiger partial charge in [0, 0.05) is 16.7 Å². The number of rotatable bonds is 3. The van der Waals surface area contributed by atoms with Gasteiger partial charge in [0.15, 0.2) is 0 Å². The number of nitrogens with zero attached hydrogens (tertiary/aromatic N) is 2. The predicted molar refractivity (Wildman–Crippen MR) is 70.5 cm³/mol. The molecule has 88 valence electrons. The second-order valence-corrected chi connectivity index (χ2v) is 4.85. The van der Waals surface area contributed by atoms with Gasteiger partial charge in [0.2, 0.25) is 5.88 Å². The zero-order valence-electron chi connectivity index (χ0n) is 8.53. The summed E-state index contributed by atoms with van der Waals surface area (Å²) in [6, 6.07) is 6.95. The number of aromatic nitrogens is 2. The molecule has 0 aliphatic heterocycles. The summed E-state index contributed by atoms with van der Waals surface area (Å²) in [6.45, 7) is 0.297. The summed E-state index contributed by atoms with van der Waals surface area (Å²) in [5.41, 5.74) is 0.746. The van der Waals surface area contributed by atoms with Crippen molar-refractivity contribution in [2.24, 2.45) is 0 Å². The van der Waals surface area contributed by atoms with E-state index in [0.29, 0.717) is 22.7 Å². The molecule has 0 aromatic carbocycles. The van der Waals surface area contributed by atoms with E-state index in [9.17, 15) is 0 Å². The highest BCUT2D eigenvalue weighted by molar-refractivity contribution is 9.10. The van der Waals surface area contributed by atoms with Crippen LogP contribution in [0.1, 0.15) is 5.69 Å². The van der Waals surface area contributed by atoms with Gasteiger partial charge in [-0.05, 0) is 28.1 Å². The normalized spacial score (nSPS) is 10.3. The first-order valence-electron chi connectivity index (χ1n) is 4.70. The van der Waals surface area contributed by atoms with Gasteiger partial charge in [-0.3, -0.25) is 4.98 Å². The average Bonchev–Trinajstić information content (AvgIpc) is 2.28. The molecule has 0 saturated carbocycles. The largest absolute Gasteiger partial charge is 0.471 e. The Morgan fingerprint density at radius 2 is 2.12 bits per heavy atom. The summed E-state index contributed by atoms with van der Waals surface area (Å²) in [5.74, 6) is 0.459. The van der Waals surface area contributed by atoms with E-state index in [4.69, 9.17) is 27.9 Å². The second kappa shape index (κ2) is 5.67. The molecule has 0 saturated heterocycles. The molecule has 2 rings (SSSR count). The van der Waals surface area contributed by atoms with Crippen molar-refractivity contribution in [2.45, 2.75) is 6.61 Å². The Balaban J connectivity index is 2.07. The summed E-state index contributed by atoms with van der Waals surface area (Å²) in [7, 11) is 0. The molecular formula is C11H7BrCl2N2O. The molecule has 6 heteroatoms. The fraction of sp³-hybridized carbons (Fsp3) is 0.0909. The lowest BCUT2D eigenvalue weighted by molar-refractivity contribution is 0.288. The van der Waals surface area contributed by atoms with Crippen molar-refractivity contribution in [3.8, 4) is 5.88 Å². The maximum atomic E-state index is 5.79. The highest BCUT2D eigenvalue weighted by atomic mass is 79.9. The van der Waals surface area contributed by atoms with Crippen molar-refractivity contribution in [2.75, 3.05) is 0 Å². The van der Waals surface area contributed by atoms with E-state index >= 15 is 0 Å². The SMILES string of the molecule is Clc1cnc(COc2cccc(Cl)n2)c(Br)c1. The Hall–Kier alpha value is -0.840. The van der Waals surface area contributed by atoms with Crippen LogP contribution in [0, 0.1) is 0 Å². The number of pyridine rings is 2. The smallest absolute Gasteiger partial charge is 0.215 e. The van der Waals surface area contributed by atoms with E-state index in [1.54, 1.807) is 30.5 Å². The number of hydrogen-bond acceptors (Lipinski definition) is 3. The van der Waals surface area contributed by atoms with Crippen molar-refractivity contribution in [3.63, 3.8) is 0 Å². The third-order valence-electron chi connectivity index (χ3n) is 1.93. The molecule has 2 aromatic rings. The van der Waals surface area contributed by atoms with Gasteiger partial charge < -0.3 is 4.74 Å². The lowest BCUT2D eigenvalue weighted by Gasteiger charge is -2.06. The summed E-state index contributed by atoms with van der Waals surface area (Å²) in [5, 5.41) is 0.965. The van der Waals surface area contributed by atoms with Crippen molar-refractivity contribution >= 4 is 39.1 Å². The molecule has 0 aliphatic carbocycles. The molecule has 0 spiro atoms. The fourth-order valence-corrected chi connectivity index (χ4v) is 2.07. The number of ether oxygens (including phenoxy) is 1. The predicted octanol–water partition coefficient (Wildman–Crippen LogP) is 4.12. The van der Waals surface area contributed by atoms with Gasteiger partial charge in [-0.25, -0.2) is 4.98 Å². The zero-order valence-corrected chi connectivity index (χ0v) is 11.6. The van der Waals surface area contributed by atoms with E-state index in [-0.39, 0.29) is 0 Å². The summed E-state index contributed by atoms with van der Waals surface area (Å²) in [4.78, 5) is 8.16. The lowest BCUT2D eigenvalue weighted by atomic mass is 10.4. The molecule has 0 amide bonds. The molecule has 0 N–H and O–H groups in total. The molecule has 0 aliphatic rings. The van der Waals surface area contributed by atoms with Crippen LogP contribution in [0.5, 0.6) is 5.88 Å². The van der Waals surface area contributed by atoms with Gasteiger partial charge >= 0.3 is 0 Å². The van der Waals surface area contributed by atoms with E-state index in [0.717, 1.165) is 10.2 Å². The molecule has 0 atom stereocenters. The zero-order chi connectivity index (χ0) is 12.3. The minimum absolute atomic E-state index is 0.297. The van der Waals surface area contributed by atoms with Gasteiger partial charge in [-0.1, -0.05) is 29.3 Å². The van der Waals surface area contributed by atoms with Crippen LogP contribution in [0.25, 0.3) is 0 Å². The third-order valence-corrected chi connectivity index (χ3v) is 3.03. The summed E-state index contributed by atoms with van der Waals surface area (Å²) in [6.07, 6.45) is 1.57. The molecule has 0 radical (unpaired) electrons. The Morgan fingerprint density at radius 3 is 2.82 bits per heavy atom. The van der Waals surface area contributed by atoms with Crippen molar-refractivity contribution in [1.29, 1.82) is 0 Å². The lowest BCUT2D eigenvalue weighted by Crippen LogP contribution is -2.00. The van der Waals surface area contributed by atoms with Crippen LogP contribution in [0.2, 0.25) is 10.2 Å². The number of halogens is 3. The van der Waals surface area contributed by atoms with Gasteiger partial charge in [0.05, 0.1) is 10.7 Å². The Labute approximate surface area is 117 Å². The van der Waals surface area contributed by atoms with E-state index in [2.05, 4.69) is 25.9 Å². The minimum Gasteiger partial charge on any atom is -0.471 e. The Kier molecular flexibility index (Phi) is 4.20. The topological polar surface area (TPSA) is 35.0 Å². The van der Waals surface area contributed by atoms with Gasteiger partial charge in [-0.2, -0.15) is 0 Å². The molecular weight excluding hydrogens is 327 g/mol. The van der Waals surface area contributed by atoms with E-state index in [1.165, 1.54) is 0 Å². The first-order valence-corrected chi connectivity index (χ1v) is 6.25. The molecule has 0 fully saturated rings. The maximum Gasteiger partial charge on any atom is 0.215 e. The minimum atomic E-state index is 0.297. The van der Waals surface area contributed by atoms with Gasteiger partial charge in [-0.15, -0.1) is 0 Å². The van der Waals surface area contributed by atoms with Crippen LogP contribution in [-0.4, -0.2) is 9.97 Å². The Morgan fingerprint density at radius 1 is 1.29 bits per heavy atom. The molecule has 17 heavy (non-hydrogen) atoms. The van der Waals surface area contributed by atoms with Crippen molar-refractivity contribution < 1.29 is 4.74 Å². The van der Waals surface area contributed by atoms with Crippen molar-refractivity contribution in [3.05, 3.63) is 50.8 Å². The first kappa shape index (κ1) is 12.6. The molecule has 0 unspecified atom stereocenters. The van der Waals surface area contributed by atoms with Crippen LogP contribution in [0.4, 0.5) is 0 Å². The van der Waals surface area contributed by atoms with Gasteiger partial charge in [0.1, 0.15) is 11.8 Å². The van der Waals surface area contributed by atoms with E-state index in [1.807, 2.05) is 0 Å². The monoisotopic (exact) mass is 332 g/mol.